The summed E-state index contributed by atoms with van der Waals surface area (Å²) in [6, 6.07) is 0. The van der Waals surface area contributed by atoms with Crippen molar-refractivity contribution in [3.8, 4) is 0 Å². The first-order valence-electron chi connectivity index (χ1n) is 4.45. The Hall–Kier alpha value is -0.560. The molecule has 2 aliphatic carbocycles. The molecule has 0 radical (unpaired) electrons. The molecule has 1 nitrogen and oxygen atoms in total. The van der Waals surface area contributed by atoms with Crippen molar-refractivity contribution >= 4 is 0 Å². The van der Waals surface area contributed by atoms with Crippen LogP contribution in [0.4, 0.5) is 0 Å². The van der Waals surface area contributed by atoms with Gasteiger partial charge in [0.1, 0.15) is 0 Å². The van der Waals surface area contributed by atoms with Crippen LogP contribution in [-0.2, 0) is 4.74 Å². The molecule has 0 spiro atoms. The number of hydrogen-bond donors (Lipinski definition) is 0. The predicted molar refractivity (Wildman–Crippen MR) is 43.2 cm³/mol. The second-order valence-electron chi connectivity index (χ2n) is 3.65. The van der Waals surface area contributed by atoms with E-state index in [0.717, 1.165) is 25.0 Å². The van der Waals surface area contributed by atoms with Crippen LogP contribution in [0.3, 0.4) is 0 Å². The smallest absolute Gasteiger partial charge is 0.0657 e. The third-order valence-electron chi connectivity index (χ3n) is 3.25. The second kappa shape index (κ2) is 1.98. The zero-order chi connectivity index (χ0) is 7.26. The Morgan fingerprint density at radius 1 is 1.00 bits per heavy atom. The monoisotopic (exact) mass is 148 g/mol. The zero-order valence-electron chi connectivity index (χ0n) is 6.55. The van der Waals surface area contributed by atoms with E-state index >= 15 is 0 Å². The molecule has 0 N–H and O–H groups in total. The summed E-state index contributed by atoms with van der Waals surface area (Å²) in [6.07, 6.45) is 7.40. The summed E-state index contributed by atoms with van der Waals surface area (Å²) in [4.78, 5) is 0. The molecule has 0 amide bonds. The van der Waals surface area contributed by atoms with Gasteiger partial charge in [0.15, 0.2) is 0 Å². The summed E-state index contributed by atoms with van der Waals surface area (Å²) in [5, 5.41) is 0. The maximum atomic E-state index is 5.35. The lowest BCUT2D eigenvalue weighted by Crippen LogP contribution is -2.40. The predicted octanol–water partition coefficient (Wildman–Crippen LogP) is 1.91. The fraction of sp³-hybridized carbons (Fsp3) is 0.600. The summed E-state index contributed by atoms with van der Waals surface area (Å²) in [5.74, 6) is 1.87. The van der Waals surface area contributed by atoms with E-state index in [4.69, 9.17) is 4.74 Å². The lowest BCUT2D eigenvalue weighted by atomic mass is 9.53. The van der Waals surface area contributed by atoms with Gasteiger partial charge in [-0.15, -0.1) is 0 Å². The van der Waals surface area contributed by atoms with Crippen molar-refractivity contribution in [1.82, 2.24) is 0 Å². The second-order valence-corrected chi connectivity index (χ2v) is 3.65. The molecular formula is C10H12O. The average molecular weight is 148 g/mol. The highest BCUT2D eigenvalue weighted by Crippen LogP contribution is 2.57. The number of ether oxygens (including phenoxy) is 1. The number of hydrogen-bond acceptors (Lipinski definition) is 1. The standard InChI is InChI=1S/C10H12O/c1-2-8-7(1)9-3-5-11-6-4-10(8)9/h3-4,7-8H,1-2,5-6H2. The maximum absolute atomic E-state index is 5.35. The highest BCUT2D eigenvalue weighted by atomic mass is 16.5. The first-order chi connectivity index (χ1) is 5.47. The van der Waals surface area contributed by atoms with Gasteiger partial charge in [0.25, 0.3) is 0 Å². The van der Waals surface area contributed by atoms with Crippen molar-refractivity contribution < 1.29 is 4.74 Å². The first kappa shape index (κ1) is 6.01. The summed E-state index contributed by atoms with van der Waals surface area (Å²) in [5.41, 5.74) is 3.22. The fourth-order valence-corrected chi connectivity index (χ4v) is 2.48. The van der Waals surface area contributed by atoms with Crippen LogP contribution in [0.1, 0.15) is 12.8 Å². The molecule has 1 aliphatic heterocycles. The molecule has 58 valence electrons. The van der Waals surface area contributed by atoms with E-state index in [1.54, 1.807) is 11.1 Å². The van der Waals surface area contributed by atoms with Crippen LogP contribution < -0.4 is 0 Å². The molecule has 0 aromatic heterocycles. The van der Waals surface area contributed by atoms with Gasteiger partial charge < -0.3 is 4.74 Å². The van der Waals surface area contributed by atoms with Crippen LogP contribution in [0.15, 0.2) is 23.3 Å². The third-order valence-corrected chi connectivity index (χ3v) is 3.25. The maximum Gasteiger partial charge on any atom is 0.0657 e. The van der Waals surface area contributed by atoms with Crippen molar-refractivity contribution in [2.75, 3.05) is 13.2 Å². The summed E-state index contributed by atoms with van der Waals surface area (Å²) >= 11 is 0. The van der Waals surface area contributed by atoms with E-state index in [2.05, 4.69) is 12.2 Å². The zero-order valence-corrected chi connectivity index (χ0v) is 6.55. The van der Waals surface area contributed by atoms with E-state index in [1.165, 1.54) is 12.8 Å². The van der Waals surface area contributed by atoms with E-state index in [1.807, 2.05) is 0 Å². The van der Waals surface area contributed by atoms with Gasteiger partial charge in [-0.2, -0.15) is 0 Å². The van der Waals surface area contributed by atoms with Gasteiger partial charge in [0.2, 0.25) is 0 Å². The van der Waals surface area contributed by atoms with Crippen LogP contribution in [-0.4, -0.2) is 13.2 Å². The normalized spacial score (nSPS) is 40.0. The molecule has 3 aliphatic rings. The van der Waals surface area contributed by atoms with Crippen LogP contribution in [0, 0.1) is 11.8 Å². The highest BCUT2D eigenvalue weighted by molar-refractivity contribution is 5.49. The van der Waals surface area contributed by atoms with E-state index in [-0.39, 0.29) is 0 Å². The van der Waals surface area contributed by atoms with Crippen molar-refractivity contribution in [2.24, 2.45) is 11.8 Å². The van der Waals surface area contributed by atoms with Gasteiger partial charge in [-0.1, -0.05) is 12.2 Å². The topological polar surface area (TPSA) is 9.23 Å². The van der Waals surface area contributed by atoms with Crippen LogP contribution in [0.2, 0.25) is 0 Å². The Bertz CT molecular complexity index is 224. The van der Waals surface area contributed by atoms with Crippen LogP contribution >= 0.6 is 0 Å². The van der Waals surface area contributed by atoms with Crippen LogP contribution in [0.5, 0.6) is 0 Å². The summed E-state index contributed by atoms with van der Waals surface area (Å²) in [7, 11) is 0. The van der Waals surface area contributed by atoms with Gasteiger partial charge >= 0.3 is 0 Å². The van der Waals surface area contributed by atoms with Crippen molar-refractivity contribution in [2.45, 2.75) is 12.8 Å². The highest BCUT2D eigenvalue weighted by Gasteiger charge is 2.46. The summed E-state index contributed by atoms with van der Waals surface area (Å²) < 4.78 is 5.35. The van der Waals surface area contributed by atoms with Crippen molar-refractivity contribution in [1.29, 1.82) is 0 Å². The molecule has 2 atom stereocenters. The number of rotatable bonds is 0. The Balaban J connectivity index is 1.97. The Morgan fingerprint density at radius 2 is 1.55 bits per heavy atom. The minimum Gasteiger partial charge on any atom is -0.373 e. The number of allylic oxidation sites excluding steroid dienone is 2. The minimum atomic E-state index is 0.832. The van der Waals surface area contributed by atoms with Crippen LogP contribution in [0.25, 0.3) is 0 Å². The average Bonchev–Trinajstić information content (AvgIpc) is 2.13. The molecule has 0 aromatic carbocycles. The lowest BCUT2D eigenvalue weighted by molar-refractivity contribution is 0.195. The van der Waals surface area contributed by atoms with Gasteiger partial charge in [-0.3, -0.25) is 0 Å². The van der Waals surface area contributed by atoms with Gasteiger partial charge in [-0.25, -0.2) is 0 Å². The summed E-state index contributed by atoms with van der Waals surface area (Å²) in [6.45, 7) is 1.66. The first-order valence-corrected chi connectivity index (χ1v) is 4.45. The van der Waals surface area contributed by atoms with Crippen molar-refractivity contribution in [3.63, 3.8) is 0 Å². The van der Waals surface area contributed by atoms with E-state index < -0.39 is 0 Å². The van der Waals surface area contributed by atoms with Gasteiger partial charge in [0.05, 0.1) is 13.2 Å². The van der Waals surface area contributed by atoms with E-state index in [9.17, 15) is 0 Å². The molecule has 3 rings (SSSR count). The minimum absolute atomic E-state index is 0.832. The molecule has 2 saturated carbocycles. The lowest BCUT2D eigenvalue weighted by Gasteiger charge is -2.51. The molecule has 2 fully saturated rings. The van der Waals surface area contributed by atoms with Crippen molar-refractivity contribution in [3.05, 3.63) is 23.3 Å². The van der Waals surface area contributed by atoms with E-state index in [0.29, 0.717) is 0 Å². The third kappa shape index (κ3) is 0.646. The van der Waals surface area contributed by atoms with Gasteiger partial charge in [-0.05, 0) is 35.8 Å². The van der Waals surface area contributed by atoms with Gasteiger partial charge in [0, 0.05) is 0 Å². The number of fused-ring (bicyclic) bond motifs is 4. The largest absolute Gasteiger partial charge is 0.373 e. The Morgan fingerprint density at radius 3 is 2.00 bits per heavy atom. The molecule has 0 bridgehead atoms. The quantitative estimate of drug-likeness (QED) is 0.510. The molecule has 1 heteroatoms. The molecule has 11 heavy (non-hydrogen) atoms. The molecule has 1 heterocycles. The Labute approximate surface area is 66.7 Å². The SMILES string of the molecule is C1=C2C(=CCOC1)C1CCC21. The molecule has 0 saturated heterocycles. The molecule has 0 aromatic rings. The fourth-order valence-electron chi connectivity index (χ4n) is 2.48. The molecule has 2 unspecified atom stereocenters. The molecular weight excluding hydrogens is 136 g/mol. The Kier molecular flexibility index (Phi) is 1.08.